The van der Waals surface area contributed by atoms with Crippen LogP contribution in [0.2, 0.25) is 0 Å². The summed E-state index contributed by atoms with van der Waals surface area (Å²) in [5, 5.41) is 6.14. The van der Waals surface area contributed by atoms with Crippen LogP contribution in [0.15, 0.2) is 30.3 Å². The topological polar surface area (TPSA) is 61.4 Å². The van der Waals surface area contributed by atoms with Crippen LogP contribution in [-0.2, 0) is 16.1 Å². The molecule has 0 radical (unpaired) electrons. The molecule has 2 N–H and O–H groups in total. The third kappa shape index (κ3) is 4.81. The van der Waals surface area contributed by atoms with E-state index >= 15 is 0 Å². The first-order chi connectivity index (χ1) is 11.7. The normalized spacial score (nSPS) is 21.8. The van der Waals surface area contributed by atoms with E-state index in [1.54, 1.807) is 0 Å². The predicted octanol–water partition coefficient (Wildman–Crippen LogP) is 1.68. The van der Waals surface area contributed by atoms with Gasteiger partial charge in [-0.25, -0.2) is 0 Å². The number of hydrogen-bond acceptors (Lipinski definition) is 3. The molecule has 2 amide bonds. The lowest BCUT2D eigenvalue weighted by molar-refractivity contribution is -0.128. The molecule has 1 aliphatic heterocycles. The SMILES string of the molecule is O=C(CN1CCCC(NC(=O)C2CCC2)C1)NCc1ccccc1. The summed E-state index contributed by atoms with van der Waals surface area (Å²) in [7, 11) is 0. The van der Waals surface area contributed by atoms with Crippen LogP contribution < -0.4 is 10.6 Å². The Morgan fingerprint density at radius 1 is 1.08 bits per heavy atom. The van der Waals surface area contributed by atoms with Crippen molar-refractivity contribution in [1.29, 1.82) is 0 Å². The molecule has 5 heteroatoms. The van der Waals surface area contributed by atoms with Gasteiger partial charge in [-0.05, 0) is 37.8 Å². The van der Waals surface area contributed by atoms with Gasteiger partial charge in [-0.3, -0.25) is 14.5 Å². The third-order valence-electron chi connectivity index (χ3n) is 5.03. The number of nitrogens with zero attached hydrogens (tertiary/aromatic N) is 1. The second kappa shape index (κ2) is 8.29. The van der Waals surface area contributed by atoms with Gasteiger partial charge in [0.25, 0.3) is 0 Å². The van der Waals surface area contributed by atoms with Gasteiger partial charge in [0.2, 0.25) is 11.8 Å². The average molecular weight is 329 g/mol. The van der Waals surface area contributed by atoms with Crippen LogP contribution in [0.3, 0.4) is 0 Å². The first kappa shape index (κ1) is 17.0. The lowest BCUT2D eigenvalue weighted by atomic mass is 9.84. The molecule has 1 saturated carbocycles. The summed E-state index contributed by atoms with van der Waals surface area (Å²) in [4.78, 5) is 26.4. The zero-order valence-corrected chi connectivity index (χ0v) is 14.2. The van der Waals surface area contributed by atoms with E-state index < -0.39 is 0 Å². The molecule has 1 atom stereocenters. The molecule has 1 heterocycles. The molecule has 1 aromatic rings. The third-order valence-corrected chi connectivity index (χ3v) is 5.03. The minimum absolute atomic E-state index is 0.0461. The zero-order valence-electron chi connectivity index (χ0n) is 14.2. The highest BCUT2D eigenvalue weighted by molar-refractivity contribution is 5.80. The molecule has 3 rings (SSSR count). The van der Waals surface area contributed by atoms with E-state index in [9.17, 15) is 9.59 Å². The number of benzene rings is 1. The second-order valence-corrected chi connectivity index (χ2v) is 6.97. The van der Waals surface area contributed by atoms with Crippen molar-refractivity contribution in [2.24, 2.45) is 5.92 Å². The highest BCUT2D eigenvalue weighted by atomic mass is 16.2. The smallest absolute Gasteiger partial charge is 0.234 e. The predicted molar refractivity (Wildman–Crippen MR) is 93.2 cm³/mol. The Kier molecular flexibility index (Phi) is 5.86. The minimum Gasteiger partial charge on any atom is -0.352 e. The van der Waals surface area contributed by atoms with Gasteiger partial charge in [0.15, 0.2) is 0 Å². The van der Waals surface area contributed by atoms with E-state index in [1.165, 1.54) is 6.42 Å². The van der Waals surface area contributed by atoms with Crippen molar-refractivity contribution in [2.45, 2.75) is 44.7 Å². The summed E-state index contributed by atoms with van der Waals surface area (Å²) in [6.07, 6.45) is 5.28. The first-order valence-electron chi connectivity index (χ1n) is 9.04. The summed E-state index contributed by atoms with van der Waals surface area (Å²) < 4.78 is 0. The fraction of sp³-hybridized carbons (Fsp3) is 0.579. The Balaban J connectivity index is 1.39. The quantitative estimate of drug-likeness (QED) is 0.835. The molecule has 0 aromatic heterocycles. The van der Waals surface area contributed by atoms with Crippen molar-refractivity contribution in [3.05, 3.63) is 35.9 Å². The van der Waals surface area contributed by atoms with E-state index in [0.29, 0.717) is 13.1 Å². The number of carbonyl (C=O) groups excluding carboxylic acids is 2. The summed E-state index contributed by atoms with van der Waals surface area (Å²) in [6, 6.07) is 10.1. The molecule has 2 fully saturated rings. The fourth-order valence-electron chi connectivity index (χ4n) is 3.36. The molecule has 0 bridgehead atoms. The van der Waals surface area contributed by atoms with Gasteiger partial charge < -0.3 is 10.6 Å². The average Bonchev–Trinajstić information content (AvgIpc) is 2.52. The van der Waals surface area contributed by atoms with Gasteiger partial charge >= 0.3 is 0 Å². The molecule has 5 nitrogen and oxygen atoms in total. The van der Waals surface area contributed by atoms with Crippen molar-refractivity contribution in [3.8, 4) is 0 Å². The summed E-state index contributed by atoms with van der Waals surface area (Å²) in [5.41, 5.74) is 1.11. The maximum absolute atomic E-state index is 12.1. The second-order valence-electron chi connectivity index (χ2n) is 6.97. The Bertz CT molecular complexity index is 557. The highest BCUT2D eigenvalue weighted by Crippen LogP contribution is 2.26. The first-order valence-corrected chi connectivity index (χ1v) is 9.04. The van der Waals surface area contributed by atoms with Gasteiger partial charge in [0.05, 0.1) is 6.54 Å². The van der Waals surface area contributed by atoms with Crippen LogP contribution in [0.5, 0.6) is 0 Å². The monoisotopic (exact) mass is 329 g/mol. The van der Waals surface area contributed by atoms with E-state index in [0.717, 1.165) is 44.3 Å². The number of piperidine rings is 1. The van der Waals surface area contributed by atoms with Crippen LogP contribution in [0.25, 0.3) is 0 Å². The maximum atomic E-state index is 12.1. The number of likely N-dealkylation sites (tertiary alicyclic amines) is 1. The summed E-state index contributed by atoms with van der Waals surface area (Å²) in [5.74, 6) is 0.487. The molecule has 1 unspecified atom stereocenters. The Morgan fingerprint density at radius 2 is 1.88 bits per heavy atom. The molecule has 130 valence electrons. The molecular formula is C19H27N3O2. The van der Waals surface area contributed by atoms with E-state index in [-0.39, 0.29) is 23.8 Å². The molecule has 2 aliphatic rings. The largest absolute Gasteiger partial charge is 0.352 e. The van der Waals surface area contributed by atoms with E-state index in [2.05, 4.69) is 15.5 Å². The Morgan fingerprint density at radius 3 is 2.58 bits per heavy atom. The van der Waals surface area contributed by atoms with Crippen molar-refractivity contribution in [2.75, 3.05) is 19.6 Å². The fourth-order valence-corrected chi connectivity index (χ4v) is 3.36. The van der Waals surface area contributed by atoms with Crippen LogP contribution in [0.1, 0.15) is 37.7 Å². The molecular weight excluding hydrogens is 302 g/mol. The number of carbonyl (C=O) groups is 2. The lowest BCUT2D eigenvalue weighted by Gasteiger charge is -2.34. The highest BCUT2D eigenvalue weighted by Gasteiger charge is 2.29. The van der Waals surface area contributed by atoms with Gasteiger partial charge in [-0.2, -0.15) is 0 Å². The number of nitrogens with one attached hydrogen (secondary N) is 2. The van der Waals surface area contributed by atoms with Crippen LogP contribution in [0, 0.1) is 5.92 Å². The summed E-state index contributed by atoms with van der Waals surface area (Å²) >= 11 is 0. The van der Waals surface area contributed by atoms with E-state index in [1.807, 2.05) is 30.3 Å². The van der Waals surface area contributed by atoms with Crippen molar-refractivity contribution in [1.82, 2.24) is 15.5 Å². The van der Waals surface area contributed by atoms with Crippen molar-refractivity contribution >= 4 is 11.8 Å². The van der Waals surface area contributed by atoms with E-state index in [4.69, 9.17) is 0 Å². The van der Waals surface area contributed by atoms with Gasteiger partial charge in [-0.1, -0.05) is 36.8 Å². The zero-order chi connectivity index (χ0) is 16.8. The van der Waals surface area contributed by atoms with Crippen LogP contribution in [0.4, 0.5) is 0 Å². The summed E-state index contributed by atoms with van der Waals surface area (Å²) in [6.45, 7) is 2.67. The lowest BCUT2D eigenvalue weighted by Crippen LogP contribution is -2.51. The minimum atomic E-state index is 0.0461. The standard InChI is InChI=1S/C19H27N3O2/c23-18(20-12-15-6-2-1-3-7-15)14-22-11-5-10-17(13-22)21-19(24)16-8-4-9-16/h1-3,6-7,16-17H,4-5,8-14H2,(H,20,23)(H,21,24). The Hall–Kier alpha value is -1.88. The molecule has 0 spiro atoms. The number of amides is 2. The molecule has 1 saturated heterocycles. The number of rotatable bonds is 6. The number of hydrogen-bond donors (Lipinski definition) is 2. The van der Waals surface area contributed by atoms with Crippen LogP contribution >= 0.6 is 0 Å². The molecule has 1 aliphatic carbocycles. The van der Waals surface area contributed by atoms with Gasteiger partial charge in [0, 0.05) is 25.0 Å². The Labute approximate surface area is 143 Å². The maximum Gasteiger partial charge on any atom is 0.234 e. The van der Waals surface area contributed by atoms with Gasteiger partial charge in [0.1, 0.15) is 0 Å². The van der Waals surface area contributed by atoms with Crippen molar-refractivity contribution < 1.29 is 9.59 Å². The molecule has 1 aromatic carbocycles. The van der Waals surface area contributed by atoms with Gasteiger partial charge in [-0.15, -0.1) is 0 Å². The van der Waals surface area contributed by atoms with Crippen LogP contribution in [-0.4, -0.2) is 42.4 Å². The van der Waals surface area contributed by atoms with Crippen molar-refractivity contribution in [3.63, 3.8) is 0 Å². The molecule has 24 heavy (non-hydrogen) atoms.